The molecule has 0 aliphatic carbocycles. The first-order chi connectivity index (χ1) is 17.7. The van der Waals surface area contributed by atoms with Gasteiger partial charge in [-0.05, 0) is 45.4 Å². The molecular weight excluding hydrogens is 474 g/mol. The van der Waals surface area contributed by atoms with Crippen LogP contribution >= 0.6 is 0 Å². The van der Waals surface area contributed by atoms with Crippen LogP contribution in [0.3, 0.4) is 0 Å². The molecule has 1 saturated heterocycles. The number of methoxy groups -OCH3 is 1. The molecule has 0 radical (unpaired) electrons. The standard InChI is InChI=1S/C27H35N5O5/c1-27(2,3)30-23(33)18-32-25(19-7-5-8-20(15-19)35-4)29-24-22(26(32)34)16-21(17-28-24)37-12-6-9-31-10-13-36-14-11-31/h5,7-8,15-17H,6,9-14,18H2,1-4H3,(H,30,33). The number of benzene rings is 1. The first-order valence-corrected chi connectivity index (χ1v) is 12.5. The van der Waals surface area contributed by atoms with Crippen LogP contribution in [0.15, 0.2) is 41.3 Å². The van der Waals surface area contributed by atoms with Crippen molar-refractivity contribution in [2.75, 3.05) is 46.6 Å². The second-order valence-corrected chi connectivity index (χ2v) is 10.1. The van der Waals surface area contributed by atoms with E-state index in [-0.39, 0.29) is 23.7 Å². The van der Waals surface area contributed by atoms with Gasteiger partial charge in [0.25, 0.3) is 5.56 Å². The van der Waals surface area contributed by atoms with E-state index in [1.54, 1.807) is 31.5 Å². The molecule has 1 N–H and O–H groups in total. The Hall–Kier alpha value is -3.50. The SMILES string of the molecule is COc1cccc(-c2nc3ncc(OCCCN4CCOCC4)cc3c(=O)n2CC(=O)NC(C)(C)C)c1. The molecule has 4 rings (SSSR count). The summed E-state index contributed by atoms with van der Waals surface area (Å²) in [6.45, 7) is 10.3. The van der Waals surface area contributed by atoms with Gasteiger partial charge in [-0.3, -0.25) is 19.1 Å². The predicted octanol–water partition coefficient (Wildman–Crippen LogP) is 2.48. The van der Waals surface area contributed by atoms with Crippen LogP contribution in [0.5, 0.6) is 11.5 Å². The minimum Gasteiger partial charge on any atom is -0.497 e. The van der Waals surface area contributed by atoms with Crippen molar-refractivity contribution in [3.05, 3.63) is 46.9 Å². The molecule has 1 aromatic carbocycles. The largest absolute Gasteiger partial charge is 0.497 e. The zero-order valence-electron chi connectivity index (χ0n) is 22.0. The van der Waals surface area contributed by atoms with Gasteiger partial charge in [-0.1, -0.05) is 12.1 Å². The van der Waals surface area contributed by atoms with E-state index in [9.17, 15) is 9.59 Å². The molecule has 1 fully saturated rings. The van der Waals surface area contributed by atoms with Gasteiger partial charge in [0, 0.05) is 30.7 Å². The Bertz CT molecular complexity index is 1290. The van der Waals surface area contributed by atoms with E-state index in [0.29, 0.717) is 34.9 Å². The molecule has 10 nitrogen and oxygen atoms in total. The highest BCUT2D eigenvalue weighted by Gasteiger charge is 2.20. The Morgan fingerprint density at radius 3 is 2.68 bits per heavy atom. The number of nitrogens with zero attached hydrogens (tertiary/aromatic N) is 4. The number of aromatic nitrogens is 3. The minimum absolute atomic E-state index is 0.184. The molecule has 3 heterocycles. The van der Waals surface area contributed by atoms with Crippen LogP contribution < -0.4 is 20.3 Å². The van der Waals surface area contributed by atoms with Gasteiger partial charge in [0.2, 0.25) is 5.91 Å². The highest BCUT2D eigenvalue weighted by Crippen LogP contribution is 2.24. The lowest BCUT2D eigenvalue weighted by atomic mass is 10.1. The van der Waals surface area contributed by atoms with Crippen LogP contribution in [0, 0.1) is 0 Å². The number of carbonyl (C=O) groups is 1. The van der Waals surface area contributed by atoms with Gasteiger partial charge in [0.05, 0.1) is 38.5 Å². The van der Waals surface area contributed by atoms with Crippen LogP contribution in [0.2, 0.25) is 0 Å². The maximum atomic E-state index is 13.7. The van der Waals surface area contributed by atoms with Crippen molar-refractivity contribution in [2.24, 2.45) is 0 Å². The molecule has 0 bridgehead atoms. The number of morpholine rings is 1. The van der Waals surface area contributed by atoms with Crippen molar-refractivity contribution in [3.8, 4) is 22.9 Å². The third-order valence-electron chi connectivity index (χ3n) is 5.92. The van der Waals surface area contributed by atoms with Gasteiger partial charge in [-0.25, -0.2) is 9.97 Å². The molecule has 3 aromatic rings. The fraction of sp³-hybridized carbons (Fsp3) is 0.481. The summed E-state index contributed by atoms with van der Waals surface area (Å²) in [4.78, 5) is 37.9. The Labute approximate surface area is 216 Å². The number of amides is 1. The average molecular weight is 510 g/mol. The lowest BCUT2D eigenvalue weighted by Gasteiger charge is -2.26. The summed E-state index contributed by atoms with van der Waals surface area (Å²) in [5.74, 6) is 1.16. The van der Waals surface area contributed by atoms with Crippen LogP contribution in [0.1, 0.15) is 27.2 Å². The minimum atomic E-state index is -0.440. The Morgan fingerprint density at radius 1 is 1.16 bits per heavy atom. The molecule has 1 aliphatic heterocycles. The fourth-order valence-corrected chi connectivity index (χ4v) is 4.20. The maximum Gasteiger partial charge on any atom is 0.263 e. The van der Waals surface area contributed by atoms with Gasteiger partial charge >= 0.3 is 0 Å². The monoisotopic (exact) mass is 509 g/mol. The number of nitrogens with one attached hydrogen (secondary N) is 1. The van der Waals surface area contributed by atoms with E-state index >= 15 is 0 Å². The first kappa shape index (κ1) is 26.6. The number of pyridine rings is 1. The zero-order valence-corrected chi connectivity index (χ0v) is 22.0. The summed E-state index contributed by atoms with van der Waals surface area (Å²) in [6.07, 6.45) is 2.43. The molecule has 0 saturated carbocycles. The summed E-state index contributed by atoms with van der Waals surface area (Å²) >= 11 is 0. The van der Waals surface area contributed by atoms with Crippen molar-refractivity contribution in [2.45, 2.75) is 39.3 Å². The first-order valence-electron chi connectivity index (χ1n) is 12.5. The normalized spacial score (nSPS) is 14.5. The third kappa shape index (κ3) is 7.05. The molecule has 1 amide bonds. The quantitative estimate of drug-likeness (QED) is 0.439. The van der Waals surface area contributed by atoms with Gasteiger partial charge < -0.3 is 19.5 Å². The van der Waals surface area contributed by atoms with Gasteiger partial charge in [0.1, 0.15) is 23.9 Å². The molecule has 37 heavy (non-hydrogen) atoms. The molecule has 0 atom stereocenters. The smallest absolute Gasteiger partial charge is 0.263 e. The second-order valence-electron chi connectivity index (χ2n) is 10.1. The van der Waals surface area contributed by atoms with Crippen molar-refractivity contribution < 1.29 is 19.0 Å². The van der Waals surface area contributed by atoms with Gasteiger partial charge in [0.15, 0.2) is 5.65 Å². The van der Waals surface area contributed by atoms with E-state index < -0.39 is 5.54 Å². The summed E-state index contributed by atoms with van der Waals surface area (Å²) < 4.78 is 18.0. The number of rotatable bonds is 9. The van der Waals surface area contributed by atoms with Crippen molar-refractivity contribution >= 4 is 16.9 Å². The third-order valence-corrected chi connectivity index (χ3v) is 5.92. The average Bonchev–Trinajstić information content (AvgIpc) is 2.88. The summed E-state index contributed by atoms with van der Waals surface area (Å²) in [5.41, 5.74) is 0.131. The molecule has 0 unspecified atom stereocenters. The van der Waals surface area contributed by atoms with E-state index in [4.69, 9.17) is 14.2 Å². The number of carbonyl (C=O) groups excluding carboxylic acids is 1. The van der Waals surface area contributed by atoms with E-state index in [1.807, 2.05) is 32.9 Å². The molecule has 2 aromatic heterocycles. The van der Waals surface area contributed by atoms with Crippen molar-refractivity contribution in [1.82, 2.24) is 24.8 Å². The predicted molar refractivity (Wildman–Crippen MR) is 141 cm³/mol. The Morgan fingerprint density at radius 2 is 1.95 bits per heavy atom. The van der Waals surface area contributed by atoms with E-state index in [2.05, 4.69) is 20.2 Å². The van der Waals surface area contributed by atoms with E-state index in [1.165, 1.54) is 4.57 Å². The molecule has 198 valence electrons. The lowest BCUT2D eigenvalue weighted by Crippen LogP contribution is -2.43. The van der Waals surface area contributed by atoms with Crippen LogP contribution in [-0.2, 0) is 16.1 Å². The number of fused-ring (bicyclic) bond motifs is 1. The van der Waals surface area contributed by atoms with E-state index in [0.717, 1.165) is 39.3 Å². The molecule has 1 aliphatic rings. The summed E-state index contributed by atoms with van der Waals surface area (Å²) in [5, 5.41) is 3.21. The summed E-state index contributed by atoms with van der Waals surface area (Å²) in [7, 11) is 1.57. The van der Waals surface area contributed by atoms with Crippen LogP contribution in [0.4, 0.5) is 0 Å². The van der Waals surface area contributed by atoms with Crippen LogP contribution in [-0.4, -0.2) is 77.4 Å². The Kier molecular flexibility index (Phi) is 8.40. The second kappa shape index (κ2) is 11.7. The number of ether oxygens (including phenoxy) is 3. The lowest BCUT2D eigenvalue weighted by molar-refractivity contribution is -0.123. The Balaban J connectivity index is 1.62. The van der Waals surface area contributed by atoms with Crippen LogP contribution in [0.25, 0.3) is 22.4 Å². The number of hydrogen-bond acceptors (Lipinski definition) is 8. The maximum absolute atomic E-state index is 13.7. The molecule has 0 spiro atoms. The highest BCUT2D eigenvalue weighted by atomic mass is 16.5. The fourth-order valence-electron chi connectivity index (χ4n) is 4.20. The highest BCUT2D eigenvalue weighted by molar-refractivity contribution is 5.80. The molecule has 10 heteroatoms. The molecular formula is C27H35N5O5. The van der Waals surface area contributed by atoms with Crippen molar-refractivity contribution in [3.63, 3.8) is 0 Å². The summed E-state index contributed by atoms with van der Waals surface area (Å²) in [6, 6.07) is 8.86. The van der Waals surface area contributed by atoms with Crippen molar-refractivity contribution in [1.29, 1.82) is 0 Å². The zero-order chi connectivity index (χ0) is 26.4. The topological polar surface area (TPSA) is 108 Å². The van der Waals surface area contributed by atoms with Gasteiger partial charge in [-0.2, -0.15) is 0 Å². The number of hydrogen-bond donors (Lipinski definition) is 1. The van der Waals surface area contributed by atoms with Gasteiger partial charge in [-0.15, -0.1) is 0 Å².